The Morgan fingerprint density at radius 2 is 1.86 bits per heavy atom. The van der Waals surface area contributed by atoms with Crippen LogP contribution in [0.3, 0.4) is 0 Å². The first-order valence-electron chi connectivity index (χ1n) is 10.6. The monoisotopic (exact) mass is 502 g/mol. The number of hydrogen-bond donors (Lipinski definition) is 1. The SMILES string of the molecule is O=C(NCCSC1CCCCC1)C1CCN(S(=O)(=O)Cc2cccc(Br)c2)CC1. The highest BCUT2D eigenvalue weighted by atomic mass is 79.9. The number of benzene rings is 1. The Kier molecular flexibility index (Phi) is 8.89. The van der Waals surface area contributed by atoms with Gasteiger partial charge in [0.2, 0.25) is 15.9 Å². The molecule has 29 heavy (non-hydrogen) atoms. The summed E-state index contributed by atoms with van der Waals surface area (Å²) in [6.45, 7) is 1.55. The first kappa shape index (κ1) is 23.1. The summed E-state index contributed by atoms with van der Waals surface area (Å²) in [5.41, 5.74) is 0.773. The second kappa shape index (κ2) is 11.2. The zero-order valence-corrected chi connectivity index (χ0v) is 20.0. The molecule has 1 amide bonds. The molecule has 0 radical (unpaired) electrons. The van der Waals surface area contributed by atoms with Crippen LogP contribution in [0.4, 0.5) is 0 Å². The van der Waals surface area contributed by atoms with Gasteiger partial charge in [0.25, 0.3) is 0 Å². The smallest absolute Gasteiger partial charge is 0.223 e. The van der Waals surface area contributed by atoms with Gasteiger partial charge in [0.1, 0.15) is 0 Å². The van der Waals surface area contributed by atoms with Crippen molar-refractivity contribution in [2.24, 2.45) is 5.92 Å². The van der Waals surface area contributed by atoms with Crippen LogP contribution in [-0.4, -0.2) is 49.3 Å². The van der Waals surface area contributed by atoms with Gasteiger partial charge in [-0.2, -0.15) is 11.8 Å². The van der Waals surface area contributed by atoms with Gasteiger partial charge in [-0.1, -0.05) is 47.3 Å². The van der Waals surface area contributed by atoms with Gasteiger partial charge < -0.3 is 5.32 Å². The summed E-state index contributed by atoms with van der Waals surface area (Å²) in [5.74, 6) is 0.975. The number of hydrogen-bond acceptors (Lipinski definition) is 4. The fraction of sp³-hybridized carbons (Fsp3) is 0.667. The van der Waals surface area contributed by atoms with Crippen molar-refractivity contribution < 1.29 is 13.2 Å². The molecular weight excluding hydrogens is 472 g/mol. The van der Waals surface area contributed by atoms with Crippen molar-refractivity contribution in [1.29, 1.82) is 0 Å². The highest BCUT2D eigenvalue weighted by molar-refractivity contribution is 9.10. The average Bonchev–Trinajstić information content (AvgIpc) is 2.71. The Morgan fingerprint density at radius 1 is 1.14 bits per heavy atom. The van der Waals surface area contributed by atoms with E-state index in [0.29, 0.717) is 32.5 Å². The lowest BCUT2D eigenvalue weighted by Gasteiger charge is -2.30. The van der Waals surface area contributed by atoms with E-state index in [4.69, 9.17) is 0 Å². The second-order valence-corrected chi connectivity index (χ2v) is 12.3. The molecule has 1 heterocycles. The topological polar surface area (TPSA) is 66.5 Å². The van der Waals surface area contributed by atoms with Gasteiger partial charge in [-0.15, -0.1) is 0 Å². The van der Waals surface area contributed by atoms with Gasteiger partial charge in [-0.3, -0.25) is 4.79 Å². The van der Waals surface area contributed by atoms with Crippen molar-refractivity contribution >= 4 is 43.6 Å². The fourth-order valence-electron chi connectivity index (χ4n) is 4.10. The van der Waals surface area contributed by atoms with Crippen LogP contribution in [0, 0.1) is 5.92 Å². The number of nitrogens with zero attached hydrogens (tertiary/aromatic N) is 1. The molecule has 8 heteroatoms. The molecule has 1 aliphatic carbocycles. The summed E-state index contributed by atoms with van der Waals surface area (Å²) in [5, 5.41) is 3.82. The number of thioether (sulfide) groups is 1. The van der Waals surface area contributed by atoms with Gasteiger partial charge in [-0.25, -0.2) is 12.7 Å². The Hall–Kier alpha value is -0.570. The maximum Gasteiger partial charge on any atom is 0.223 e. The molecule has 1 saturated heterocycles. The standard InChI is InChI=1S/C21H31BrN2O3S2/c22-19-6-4-5-17(15-19)16-29(26,27)24-12-9-18(10-13-24)21(25)23-11-14-28-20-7-2-1-3-8-20/h4-6,15,18,20H,1-3,7-14,16H2,(H,23,25). The molecule has 0 unspecified atom stereocenters. The molecule has 162 valence electrons. The van der Waals surface area contributed by atoms with Crippen LogP contribution in [0.15, 0.2) is 28.7 Å². The zero-order chi connectivity index (χ0) is 20.7. The summed E-state index contributed by atoms with van der Waals surface area (Å²) in [6, 6.07) is 7.39. The predicted molar refractivity (Wildman–Crippen MR) is 123 cm³/mol. The molecule has 0 bridgehead atoms. The van der Waals surface area contributed by atoms with E-state index in [1.165, 1.54) is 36.4 Å². The van der Waals surface area contributed by atoms with Crippen molar-refractivity contribution in [3.63, 3.8) is 0 Å². The molecule has 1 N–H and O–H groups in total. The van der Waals surface area contributed by atoms with Gasteiger partial charge in [0.15, 0.2) is 0 Å². The molecule has 0 spiro atoms. The highest BCUT2D eigenvalue weighted by Crippen LogP contribution is 2.28. The fourth-order valence-corrected chi connectivity index (χ4v) is 7.32. The maximum absolute atomic E-state index is 12.7. The Morgan fingerprint density at radius 3 is 2.55 bits per heavy atom. The quantitative estimate of drug-likeness (QED) is 0.541. The second-order valence-electron chi connectivity index (χ2n) is 7.98. The lowest BCUT2D eigenvalue weighted by molar-refractivity contribution is -0.125. The molecule has 1 aromatic carbocycles. The van der Waals surface area contributed by atoms with Crippen LogP contribution in [0.25, 0.3) is 0 Å². The van der Waals surface area contributed by atoms with Crippen LogP contribution < -0.4 is 5.32 Å². The van der Waals surface area contributed by atoms with E-state index in [2.05, 4.69) is 21.2 Å². The largest absolute Gasteiger partial charge is 0.355 e. The van der Waals surface area contributed by atoms with Crippen molar-refractivity contribution in [3.05, 3.63) is 34.3 Å². The Bertz CT molecular complexity index is 774. The predicted octanol–water partition coefficient (Wildman–Crippen LogP) is 4.17. The zero-order valence-electron chi connectivity index (χ0n) is 16.8. The third-order valence-electron chi connectivity index (χ3n) is 5.76. The highest BCUT2D eigenvalue weighted by Gasteiger charge is 2.31. The van der Waals surface area contributed by atoms with E-state index in [-0.39, 0.29) is 17.6 Å². The molecule has 2 fully saturated rings. The Balaban J connectivity index is 1.38. The van der Waals surface area contributed by atoms with Crippen molar-refractivity contribution in [1.82, 2.24) is 9.62 Å². The lowest BCUT2D eigenvalue weighted by Crippen LogP contribution is -2.43. The number of nitrogens with one attached hydrogen (secondary N) is 1. The van der Waals surface area contributed by atoms with Crippen LogP contribution in [0.2, 0.25) is 0 Å². The van der Waals surface area contributed by atoms with E-state index in [1.807, 2.05) is 36.0 Å². The van der Waals surface area contributed by atoms with E-state index in [1.54, 1.807) is 0 Å². The van der Waals surface area contributed by atoms with Gasteiger partial charge in [0.05, 0.1) is 5.75 Å². The molecule has 1 aliphatic heterocycles. The minimum Gasteiger partial charge on any atom is -0.355 e. The number of sulfonamides is 1. The molecule has 5 nitrogen and oxygen atoms in total. The number of amides is 1. The van der Waals surface area contributed by atoms with Crippen molar-refractivity contribution in [3.8, 4) is 0 Å². The normalized spacial score (nSPS) is 19.9. The summed E-state index contributed by atoms with van der Waals surface area (Å²) < 4.78 is 27.8. The summed E-state index contributed by atoms with van der Waals surface area (Å²) in [7, 11) is -3.36. The van der Waals surface area contributed by atoms with Crippen molar-refractivity contribution in [2.45, 2.75) is 55.9 Å². The Labute approximate surface area is 187 Å². The van der Waals surface area contributed by atoms with Crippen LogP contribution >= 0.6 is 27.7 Å². The van der Waals surface area contributed by atoms with Crippen LogP contribution in [0.1, 0.15) is 50.5 Å². The van der Waals surface area contributed by atoms with Crippen LogP contribution in [-0.2, 0) is 20.6 Å². The third kappa shape index (κ3) is 7.26. The van der Waals surface area contributed by atoms with Gasteiger partial charge in [0, 0.05) is 41.0 Å². The number of rotatable bonds is 8. The molecule has 1 aromatic rings. The van der Waals surface area contributed by atoms with Crippen molar-refractivity contribution in [2.75, 3.05) is 25.4 Å². The summed E-state index contributed by atoms with van der Waals surface area (Å²) >= 11 is 5.37. The first-order chi connectivity index (χ1) is 13.9. The lowest BCUT2D eigenvalue weighted by atomic mass is 9.97. The number of carbonyl (C=O) groups excluding carboxylic acids is 1. The molecule has 1 saturated carbocycles. The molecule has 0 atom stereocenters. The van der Waals surface area contributed by atoms with E-state index < -0.39 is 10.0 Å². The molecular formula is C21H31BrN2O3S2. The van der Waals surface area contributed by atoms with Crippen LogP contribution in [0.5, 0.6) is 0 Å². The number of halogens is 1. The average molecular weight is 504 g/mol. The van der Waals surface area contributed by atoms with Gasteiger partial charge in [-0.05, 0) is 43.4 Å². The maximum atomic E-state index is 12.7. The van der Waals surface area contributed by atoms with E-state index in [9.17, 15) is 13.2 Å². The summed E-state index contributed by atoms with van der Waals surface area (Å²) in [6.07, 6.45) is 7.86. The van der Waals surface area contributed by atoms with E-state index >= 15 is 0 Å². The number of piperidine rings is 1. The summed E-state index contributed by atoms with van der Waals surface area (Å²) in [4.78, 5) is 12.4. The molecule has 0 aromatic heterocycles. The molecule has 3 rings (SSSR count). The van der Waals surface area contributed by atoms with Gasteiger partial charge >= 0.3 is 0 Å². The van der Waals surface area contributed by atoms with E-state index in [0.717, 1.165) is 21.0 Å². The third-order valence-corrected chi connectivity index (χ3v) is 9.49. The first-order valence-corrected chi connectivity index (χ1v) is 14.0. The minimum absolute atomic E-state index is 0.00168. The number of carbonyl (C=O) groups is 1. The molecule has 2 aliphatic rings. The minimum atomic E-state index is -3.36.